The Morgan fingerprint density at radius 1 is 1.16 bits per heavy atom. The first-order valence-electron chi connectivity index (χ1n) is 10.7. The number of sulfonamides is 1. The number of nitrogens with one attached hydrogen (secondary N) is 1. The summed E-state index contributed by atoms with van der Waals surface area (Å²) in [4.78, 5) is 26.1. The van der Waals surface area contributed by atoms with E-state index in [0.717, 1.165) is 18.5 Å². The quantitative estimate of drug-likeness (QED) is 0.669. The number of carbonyl (C=O) groups is 2. The van der Waals surface area contributed by atoms with Crippen LogP contribution in [-0.4, -0.2) is 50.8 Å². The lowest BCUT2D eigenvalue weighted by atomic mass is 10.1. The minimum Gasteiger partial charge on any atom is -0.352 e. The van der Waals surface area contributed by atoms with Gasteiger partial charge in [-0.2, -0.15) is 0 Å². The summed E-state index contributed by atoms with van der Waals surface area (Å²) >= 11 is 0. The van der Waals surface area contributed by atoms with Gasteiger partial charge in [-0.25, -0.2) is 8.42 Å². The summed E-state index contributed by atoms with van der Waals surface area (Å²) in [6.07, 6.45) is 2.83. The van der Waals surface area contributed by atoms with Gasteiger partial charge in [0.05, 0.1) is 10.6 Å². The van der Waals surface area contributed by atoms with Gasteiger partial charge in [0.2, 0.25) is 5.91 Å². The lowest BCUT2D eigenvalue weighted by molar-refractivity contribution is -0.127. The maximum atomic E-state index is 13.4. The lowest BCUT2D eigenvalue weighted by Gasteiger charge is -2.24. The van der Waals surface area contributed by atoms with E-state index in [2.05, 4.69) is 5.32 Å². The predicted molar refractivity (Wildman–Crippen MR) is 118 cm³/mol. The van der Waals surface area contributed by atoms with Gasteiger partial charge in [0, 0.05) is 37.7 Å². The van der Waals surface area contributed by atoms with Crippen molar-refractivity contribution in [3.63, 3.8) is 0 Å². The Balaban J connectivity index is 1.44. The van der Waals surface area contributed by atoms with Gasteiger partial charge in [-0.05, 0) is 56.0 Å². The normalized spacial score (nSPS) is 18.4. The van der Waals surface area contributed by atoms with Crippen molar-refractivity contribution in [2.24, 2.45) is 0 Å². The molecule has 2 aromatic rings. The highest BCUT2D eigenvalue weighted by molar-refractivity contribution is 7.92. The molecule has 164 valence electrons. The average molecular weight is 442 g/mol. The third kappa shape index (κ3) is 4.30. The second-order valence-electron chi connectivity index (χ2n) is 8.10. The van der Waals surface area contributed by atoms with Crippen LogP contribution in [-0.2, 0) is 21.2 Å². The highest BCUT2D eigenvalue weighted by Gasteiger charge is 2.36. The molecule has 1 fully saturated rings. The number of hydrogen-bond donors (Lipinski definition) is 1. The van der Waals surface area contributed by atoms with E-state index in [1.165, 1.54) is 16.4 Å². The Morgan fingerprint density at radius 2 is 1.97 bits per heavy atom. The molecule has 0 bridgehead atoms. The molecule has 0 saturated carbocycles. The maximum Gasteiger partial charge on any atom is 0.264 e. The zero-order valence-corrected chi connectivity index (χ0v) is 18.4. The van der Waals surface area contributed by atoms with Crippen molar-refractivity contribution in [2.75, 3.05) is 23.9 Å². The fraction of sp³-hybridized carbons (Fsp3) is 0.391. The first-order valence-corrected chi connectivity index (χ1v) is 12.1. The van der Waals surface area contributed by atoms with Gasteiger partial charge < -0.3 is 10.2 Å². The molecule has 2 amide bonds. The van der Waals surface area contributed by atoms with E-state index in [0.29, 0.717) is 43.6 Å². The van der Waals surface area contributed by atoms with Crippen molar-refractivity contribution in [2.45, 2.75) is 43.5 Å². The number of anilines is 1. The molecule has 0 spiro atoms. The third-order valence-corrected chi connectivity index (χ3v) is 7.78. The molecule has 31 heavy (non-hydrogen) atoms. The van der Waals surface area contributed by atoms with Crippen molar-refractivity contribution in [1.29, 1.82) is 0 Å². The molecule has 2 aliphatic heterocycles. The van der Waals surface area contributed by atoms with E-state index in [4.69, 9.17) is 0 Å². The van der Waals surface area contributed by atoms with E-state index in [1.54, 1.807) is 12.1 Å². The number of benzene rings is 2. The zero-order valence-electron chi connectivity index (χ0n) is 17.6. The standard InChI is InChI=1S/C23H27N3O4S/c1-17-15-18-7-2-3-10-21(18)26(17)31(29,30)20-9-4-8-19(16-20)23(28)24-12-6-14-25-13-5-11-22(25)27/h2-4,7-10,16-17H,5-6,11-15H2,1H3,(H,24,28)/t17-/m1/s1. The molecule has 4 rings (SSSR count). The number of carbonyl (C=O) groups excluding carboxylic acids is 2. The van der Waals surface area contributed by atoms with Crippen molar-refractivity contribution in [1.82, 2.24) is 10.2 Å². The van der Waals surface area contributed by atoms with Crippen molar-refractivity contribution < 1.29 is 18.0 Å². The second kappa shape index (κ2) is 8.70. The molecule has 1 saturated heterocycles. The van der Waals surface area contributed by atoms with E-state index in [1.807, 2.05) is 36.1 Å². The Labute approximate surface area is 183 Å². The molecular weight excluding hydrogens is 414 g/mol. The molecule has 2 aliphatic rings. The molecule has 1 N–H and O–H groups in total. The van der Waals surface area contributed by atoms with Gasteiger partial charge >= 0.3 is 0 Å². The number of rotatable bonds is 7. The van der Waals surface area contributed by atoms with Crippen LogP contribution < -0.4 is 9.62 Å². The summed E-state index contributed by atoms with van der Waals surface area (Å²) in [6.45, 7) is 3.72. The summed E-state index contributed by atoms with van der Waals surface area (Å²) < 4.78 is 28.2. The lowest BCUT2D eigenvalue weighted by Crippen LogP contribution is -2.36. The summed E-state index contributed by atoms with van der Waals surface area (Å²) in [5.74, 6) is -0.151. The van der Waals surface area contributed by atoms with Crippen LogP contribution in [0.2, 0.25) is 0 Å². The summed E-state index contributed by atoms with van der Waals surface area (Å²) in [5.41, 5.74) is 2.00. The van der Waals surface area contributed by atoms with Gasteiger partial charge in [-0.1, -0.05) is 24.3 Å². The fourth-order valence-corrected chi connectivity index (χ4v) is 6.07. The van der Waals surface area contributed by atoms with Crippen LogP contribution in [0.4, 0.5) is 5.69 Å². The average Bonchev–Trinajstić information content (AvgIpc) is 3.33. The van der Waals surface area contributed by atoms with E-state index >= 15 is 0 Å². The Kier molecular flexibility index (Phi) is 6.00. The van der Waals surface area contributed by atoms with Gasteiger partial charge in [0.15, 0.2) is 0 Å². The van der Waals surface area contributed by atoms with Crippen molar-refractivity contribution in [3.8, 4) is 0 Å². The first kappa shape index (κ1) is 21.4. The van der Waals surface area contributed by atoms with E-state index < -0.39 is 10.0 Å². The Hall–Kier alpha value is -2.87. The SMILES string of the molecule is C[C@@H]1Cc2ccccc2N1S(=O)(=O)c1cccc(C(=O)NCCCN2CCCC2=O)c1. The molecule has 0 aliphatic carbocycles. The van der Waals surface area contributed by atoms with Crippen molar-refractivity contribution >= 4 is 27.5 Å². The maximum absolute atomic E-state index is 13.4. The largest absolute Gasteiger partial charge is 0.352 e. The van der Waals surface area contributed by atoms with Crippen molar-refractivity contribution in [3.05, 3.63) is 59.7 Å². The Bertz CT molecular complexity index is 1100. The molecule has 0 aromatic heterocycles. The molecule has 2 heterocycles. The number of amides is 2. The highest BCUT2D eigenvalue weighted by atomic mass is 32.2. The zero-order chi connectivity index (χ0) is 22.0. The highest BCUT2D eigenvalue weighted by Crippen LogP contribution is 2.36. The molecular formula is C23H27N3O4S. The van der Waals surface area contributed by atoms with E-state index in [9.17, 15) is 18.0 Å². The monoisotopic (exact) mass is 441 g/mol. The van der Waals surface area contributed by atoms with Crippen LogP contribution >= 0.6 is 0 Å². The van der Waals surface area contributed by atoms with Crippen LogP contribution in [0, 0.1) is 0 Å². The third-order valence-electron chi connectivity index (χ3n) is 5.86. The van der Waals surface area contributed by atoms with Gasteiger partial charge in [-0.3, -0.25) is 13.9 Å². The molecule has 0 radical (unpaired) electrons. The van der Waals surface area contributed by atoms with E-state index in [-0.39, 0.29) is 22.8 Å². The molecule has 1 atom stereocenters. The molecule has 7 nitrogen and oxygen atoms in total. The molecule has 2 aromatic carbocycles. The van der Waals surface area contributed by atoms with Gasteiger partial charge in [0.1, 0.15) is 0 Å². The van der Waals surface area contributed by atoms with Crippen LogP contribution in [0.15, 0.2) is 53.4 Å². The topological polar surface area (TPSA) is 86.8 Å². The number of likely N-dealkylation sites (tertiary alicyclic amines) is 1. The second-order valence-corrected chi connectivity index (χ2v) is 9.92. The molecule has 0 unspecified atom stereocenters. The first-order chi connectivity index (χ1) is 14.9. The van der Waals surface area contributed by atoms with Gasteiger partial charge in [0.25, 0.3) is 15.9 Å². The van der Waals surface area contributed by atoms with Crippen LogP contribution in [0.5, 0.6) is 0 Å². The minimum absolute atomic E-state index is 0.103. The number of hydrogen-bond acceptors (Lipinski definition) is 4. The molecule has 8 heteroatoms. The number of para-hydroxylation sites is 1. The number of nitrogens with zero attached hydrogens (tertiary/aromatic N) is 2. The minimum atomic E-state index is -3.79. The number of fused-ring (bicyclic) bond motifs is 1. The smallest absolute Gasteiger partial charge is 0.264 e. The van der Waals surface area contributed by atoms with Crippen LogP contribution in [0.1, 0.15) is 42.1 Å². The summed E-state index contributed by atoms with van der Waals surface area (Å²) in [6, 6.07) is 13.5. The predicted octanol–water partition coefficient (Wildman–Crippen LogP) is 2.57. The Morgan fingerprint density at radius 3 is 2.74 bits per heavy atom. The fourth-order valence-electron chi connectivity index (χ4n) is 4.33. The summed E-state index contributed by atoms with van der Waals surface area (Å²) in [5, 5.41) is 2.83. The van der Waals surface area contributed by atoms with Crippen LogP contribution in [0.25, 0.3) is 0 Å². The van der Waals surface area contributed by atoms with Gasteiger partial charge in [-0.15, -0.1) is 0 Å². The van der Waals surface area contributed by atoms with Crippen LogP contribution in [0.3, 0.4) is 0 Å². The summed E-state index contributed by atoms with van der Waals surface area (Å²) in [7, 11) is -3.79.